The third kappa shape index (κ3) is 3.55. The first-order chi connectivity index (χ1) is 10.5. The topological polar surface area (TPSA) is 93.5 Å². The minimum Gasteiger partial charge on any atom is -0.398 e. The van der Waals surface area contributed by atoms with Crippen molar-refractivity contribution >= 4 is 17.6 Å². The molecule has 4 N–H and O–H groups in total. The van der Waals surface area contributed by atoms with Crippen LogP contribution in [-0.2, 0) is 4.84 Å². The lowest BCUT2D eigenvalue weighted by atomic mass is 10.2. The monoisotopic (exact) mass is 307 g/mol. The average Bonchev–Trinajstić information content (AvgIpc) is 2.47. The van der Waals surface area contributed by atoms with Crippen LogP contribution in [0.15, 0.2) is 42.5 Å². The SMILES string of the molecule is Nc1ccccc1C(=O)ONNC(=O)c1ccc(F)cc1F. The molecule has 0 saturated carbocycles. The first kappa shape index (κ1) is 15.4. The highest BCUT2D eigenvalue weighted by Crippen LogP contribution is 2.11. The molecule has 0 fully saturated rings. The number of para-hydroxylation sites is 1. The molecule has 0 saturated heterocycles. The number of benzene rings is 2. The molecule has 114 valence electrons. The Morgan fingerprint density at radius 2 is 1.77 bits per heavy atom. The molecule has 2 aromatic rings. The lowest BCUT2D eigenvalue weighted by molar-refractivity contribution is 0.0138. The highest BCUT2D eigenvalue weighted by Gasteiger charge is 2.14. The number of amides is 1. The highest BCUT2D eigenvalue weighted by atomic mass is 19.1. The predicted molar refractivity (Wildman–Crippen MR) is 73.2 cm³/mol. The van der Waals surface area contributed by atoms with Crippen molar-refractivity contribution in [1.82, 2.24) is 11.0 Å². The Morgan fingerprint density at radius 3 is 2.45 bits per heavy atom. The molecule has 0 spiro atoms. The Labute approximate surface area is 123 Å². The maximum absolute atomic E-state index is 13.4. The third-order valence-corrected chi connectivity index (χ3v) is 2.66. The van der Waals surface area contributed by atoms with Crippen LogP contribution in [-0.4, -0.2) is 11.9 Å². The van der Waals surface area contributed by atoms with Crippen LogP contribution >= 0.6 is 0 Å². The number of hydrogen-bond donors (Lipinski definition) is 3. The van der Waals surface area contributed by atoms with E-state index in [0.717, 1.165) is 12.1 Å². The van der Waals surface area contributed by atoms with Crippen molar-refractivity contribution in [2.24, 2.45) is 0 Å². The lowest BCUT2D eigenvalue weighted by Gasteiger charge is -2.09. The molecule has 0 aliphatic heterocycles. The van der Waals surface area contributed by atoms with Crippen molar-refractivity contribution in [2.45, 2.75) is 0 Å². The van der Waals surface area contributed by atoms with E-state index < -0.39 is 29.1 Å². The van der Waals surface area contributed by atoms with Gasteiger partial charge >= 0.3 is 5.97 Å². The standard InChI is InChI=1S/C14H11F2N3O3/c15-8-5-6-9(11(16)7-8)13(20)18-19-22-14(21)10-3-1-2-4-12(10)17/h1-7,19H,17H2,(H,18,20). The molecule has 0 aliphatic rings. The summed E-state index contributed by atoms with van der Waals surface area (Å²) in [6.07, 6.45) is 0. The number of nitrogen functional groups attached to an aromatic ring is 1. The van der Waals surface area contributed by atoms with E-state index in [1.54, 1.807) is 12.1 Å². The van der Waals surface area contributed by atoms with Gasteiger partial charge in [0.1, 0.15) is 11.6 Å². The molecule has 0 atom stereocenters. The van der Waals surface area contributed by atoms with Crippen LogP contribution in [0.25, 0.3) is 0 Å². The van der Waals surface area contributed by atoms with E-state index in [4.69, 9.17) is 5.73 Å². The molecule has 0 heterocycles. The molecular formula is C14H11F2N3O3. The van der Waals surface area contributed by atoms with Crippen LogP contribution in [0.1, 0.15) is 20.7 Å². The summed E-state index contributed by atoms with van der Waals surface area (Å²) in [7, 11) is 0. The summed E-state index contributed by atoms with van der Waals surface area (Å²) < 4.78 is 26.1. The number of nitrogens with one attached hydrogen (secondary N) is 2. The van der Waals surface area contributed by atoms with Crippen LogP contribution in [0.4, 0.5) is 14.5 Å². The van der Waals surface area contributed by atoms with E-state index in [-0.39, 0.29) is 11.3 Å². The van der Waals surface area contributed by atoms with Gasteiger partial charge in [0, 0.05) is 11.8 Å². The summed E-state index contributed by atoms with van der Waals surface area (Å²) in [6, 6.07) is 8.60. The smallest absolute Gasteiger partial charge is 0.360 e. The first-order valence-electron chi connectivity index (χ1n) is 6.05. The number of halogens is 2. The molecule has 1 amide bonds. The number of hydrazine groups is 1. The second-order valence-corrected chi connectivity index (χ2v) is 4.16. The van der Waals surface area contributed by atoms with E-state index in [1.165, 1.54) is 12.1 Å². The number of carbonyl (C=O) groups excluding carboxylic acids is 2. The van der Waals surface area contributed by atoms with Crippen LogP contribution in [0.3, 0.4) is 0 Å². The summed E-state index contributed by atoms with van der Waals surface area (Å²) in [5.74, 6) is -3.63. The molecule has 2 aromatic carbocycles. The number of nitrogens with two attached hydrogens (primary N) is 1. The van der Waals surface area contributed by atoms with Gasteiger partial charge in [-0.3, -0.25) is 10.2 Å². The molecule has 0 radical (unpaired) electrons. The van der Waals surface area contributed by atoms with Crippen molar-refractivity contribution in [3.8, 4) is 0 Å². The number of rotatable bonds is 4. The van der Waals surface area contributed by atoms with E-state index in [2.05, 4.69) is 4.84 Å². The molecule has 8 heteroatoms. The fourth-order valence-corrected chi connectivity index (χ4v) is 1.60. The van der Waals surface area contributed by atoms with Crippen molar-refractivity contribution in [3.05, 3.63) is 65.2 Å². The molecule has 0 aliphatic carbocycles. The minimum absolute atomic E-state index is 0.0946. The molecule has 2 rings (SSSR count). The van der Waals surface area contributed by atoms with Crippen molar-refractivity contribution in [3.63, 3.8) is 0 Å². The Bertz CT molecular complexity index is 722. The van der Waals surface area contributed by atoms with Crippen molar-refractivity contribution in [2.75, 3.05) is 5.73 Å². The Hall–Kier alpha value is -3.00. The summed E-state index contributed by atoms with van der Waals surface area (Å²) in [6.45, 7) is 0. The fraction of sp³-hybridized carbons (Fsp3) is 0. The second-order valence-electron chi connectivity index (χ2n) is 4.16. The molecule has 22 heavy (non-hydrogen) atoms. The predicted octanol–water partition coefficient (Wildman–Crippen LogP) is 1.55. The minimum atomic E-state index is -1.04. The van der Waals surface area contributed by atoms with E-state index in [0.29, 0.717) is 6.07 Å². The Morgan fingerprint density at radius 1 is 1.05 bits per heavy atom. The van der Waals surface area contributed by atoms with E-state index >= 15 is 0 Å². The van der Waals surface area contributed by atoms with Crippen molar-refractivity contribution in [1.29, 1.82) is 0 Å². The highest BCUT2D eigenvalue weighted by molar-refractivity contribution is 5.95. The van der Waals surface area contributed by atoms with Gasteiger partial charge in [-0.2, -0.15) is 0 Å². The maximum Gasteiger partial charge on any atom is 0.360 e. The first-order valence-corrected chi connectivity index (χ1v) is 6.05. The van der Waals surface area contributed by atoms with Crippen molar-refractivity contribution < 1.29 is 23.2 Å². The maximum atomic E-state index is 13.4. The quantitative estimate of drug-likeness (QED) is 0.588. The van der Waals surface area contributed by atoms with Crippen LogP contribution in [0, 0.1) is 11.6 Å². The van der Waals surface area contributed by atoms with Gasteiger partial charge in [-0.15, -0.1) is 0 Å². The Balaban J connectivity index is 1.92. The number of anilines is 1. The summed E-state index contributed by atoms with van der Waals surface area (Å²) in [4.78, 5) is 27.8. The van der Waals surface area contributed by atoms with Gasteiger partial charge in [-0.1, -0.05) is 17.7 Å². The molecule has 0 bridgehead atoms. The zero-order valence-corrected chi connectivity index (χ0v) is 11.1. The lowest BCUT2D eigenvalue weighted by Crippen LogP contribution is -2.39. The zero-order chi connectivity index (χ0) is 16.1. The summed E-state index contributed by atoms with van der Waals surface area (Å²) in [5.41, 5.74) is 9.29. The Kier molecular flexibility index (Phi) is 4.64. The summed E-state index contributed by atoms with van der Waals surface area (Å²) in [5, 5.41) is 0. The molecular weight excluding hydrogens is 296 g/mol. The van der Waals surface area contributed by atoms with Gasteiger partial charge in [-0.25, -0.2) is 13.6 Å². The van der Waals surface area contributed by atoms with Gasteiger partial charge in [0.05, 0.1) is 11.1 Å². The fourth-order valence-electron chi connectivity index (χ4n) is 1.60. The number of carbonyl (C=O) groups is 2. The molecule has 0 unspecified atom stereocenters. The van der Waals surface area contributed by atoms with Crippen LogP contribution in [0.2, 0.25) is 0 Å². The zero-order valence-electron chi connectivity index (χ0n) is 11.1. The third-order valence-electron chi connectivity index (χ3n) is 2.66. The normalized spacial score (nSPS) is 10.1. The van der Waals surface area contributed by atoms with Gasteiger partial charge in [-0.05, 0) is 24.3 Å². The average molecular weight is 307 g/mol. The molecule has 0 aromatic heterocycles. The largest absolute Gasteiger partial charge is 0.398 e. The van der Waals surface area contributed by atoms with Gasteiger partial charge in [0.2, 0.25) is 0 Å². The van der Waals surface area contributed by atoms with Crippen LogP contribution in [0.5, 0.6) is 0 Å². The molecule has 6 nitrogen and oxygen atoms in total. The number of hydrogen-bond acceptors (Lipinski definition) is 5. The van der Waals surface area contributed by atoms with E-state index in [9.17, 15) is 18.4 Å². The summed E-state index contributed by atoms with van der Waals surface area (Å²) >= 11 is 0. The van der Waals surface area contributed by atoms with Gasteiger partial charge in [0.25, 0.3) is 5.91 Å². The van der Waals surface area contributed by atoms with E-state index in [1.807, 2.05) is 11.0 Å². The van der Waals surface area contributed by atoms with Gasteiger partial charge in [0.15, 0.2) is 0 Å². The second kappa shape index (κ2) is 6.64. The van der Waals surface area contributed by atoms with Crippen LogP contribution < -0.4 is 16.7 Å². The van der Waals surface area contributed by atoms with Gasteiger partial charge < -0.3 is 10.6 Å².